The summed E-state index contributed by atoms with van der Waals surface area (Å²) in [6.07, 6.45) is 1.78. The van der Waals surface area contributed by atoms with Crippen molar-refractivity contribution in [3.05, 3.63) is 29.8 Å². The first kappa shape index (κ1) is 16.4. The maximum Gasteiger partial charge on any atom is 0.240 e. The van der Waals surface area contributed by atoms with Gasteiger partial charge in [0.05, 0.1) is 0 Å². The van der Waals surface area contributed by atoms with Crippen LogP contribution in [-0.2, 0) is 9.59 Å². The van der Waals surface area contributed by atoms with E-state index in [2.05, 4.69) is 24.5 Å². The second-order valence-corrected chi connectivity index (χ2v) is 6.10. The van der Waals surface area contributed by atoms with Gasteiger partial charge < -0.3 is 10.6 Å². The maximum atomic E-state index is 13.1. The van der Waals surface area contributed by atoms with E-state index in [1.165, 1.54) is 6.07 Å². The first-order valence-electron chi connectivity index (χ1n) is 7.40. The van der Waals surface area contributed by atoms with Gasteiger partial charge >= 0.3 is 0 Å². The number of halogens is 2. The van der Waals surface area contributed by atoms with Crippen LogP contribution in [0.5, 0.6) is 0 Å². The van der Waals surface area contributed by atoms with Crippen molar-refractivity contribution >= 4 is 17.5 Å². The van der Waals surface area contributed by atoms with Gasteiger partial charge in [-0.05, 0) is 37.3 Å². The molecule has 1 aliphatic carbocycles. The second kappa shape index (κ2) is 6.42. The molecule has 22 heavy (non-hydrogen) atoms. The Bertz CT molecular complexity index is 584. The average molecular weight is 310 g/mol. The molecule has 0 heterocycles. The highest BCUT2D eigenvalue weighted by atomic mass is 19.2. The van der Waals surface area contributed by atoms with Gasteiger partial charge in [-0.25, -0.2) is 8.78 Å². The number of rotatable bonds is 6. The van der Waals surface area contributed by atoms with Crippen molar-refractivity contribution < 1.29 is 18.4 Å². The predicted molar refractivity (Wildman–Crippen MR) is 79.1 cm³/mol. The van der Waals surface area contributed by atoms with Crippen LogP contribution in [0.15, 0.2) is 18.2 Å². The number of nitrogens with one attached hydrogen (secondary N) is 2. The Kier molecular flexibility index (Phi) is 4.78. The normalized spacial score (nSPS) is 15.5. The first-order valence-corrected chi connectivity index (χ1v) is 7.40. The number of benzene rings is 1. The van der Waals surface area contributed by atoms with Crippen LogP contribution in [0.1, 0.15) is 33.1 Å². The molecule has 1 fully saturated rings. The van der Waals surface area contributed by atoms with Crippen molar-refractivity contribution in [1.82, 2.24) is 5.32 Å². The number of hydrogen-bond donors (Lipinski definition) is 2. The Morgan fingerprint density at radius 2 is 1.86 bits per heavy atom. The van der Waals surface area contributed by atoms with Gasteiger partial charge in [-0.15, -0.1) is 0 Å². The molecule has 1 saturated carbocycles. The van der Waals surface area contributed by atoms with Crippen molar-refractivity contribution in [3.8, 4) is 0 Å². The number of hydrogen-bond acceptors (Lipinski definition) is 2. The molecular weight excluding hydrogens is 290 g/mol. The van der Waals surface area contributed by atoms with E-state index in [9.17, 15) is 18.4 Å². The molecule has 0 spiro atoms. The van der Waals surface area contributed by atoms with Gasteiger partial charge in [-0.3, -0.25) is 9.59 Å². The monoisotopic (exact) mass is 310 g/mol. The molecule has 2 amide bonds. The molecule has 6 heteroatoms. The van der Waals surface area contributed by atoms with E-state index in [1.807, 2.05) is 0 Å². The van der Waals surface area contributed by atoms with Crippen molar-refractivity contribution in [2.45, 2.75) is 33.1 Å². The molecule has 0 saturated heterocycles. The largest absolute Gasteiger partial charge is 0.355 e. The van der Waals surface area contributed by atoms with Crippen molar-refractivity contribution in [3.63, 3.8) is 0 Å². The van der Waals surface area contributed by atoms with Crippen LogP contribution in [0, 0.1) is 23.0 Å². The zero-order valence-corrected chi connectivity index (χ0v) is 12.7. The zero-order valence-electron chi connectivity index (χ0n) is 12.7. The number of amides is 2. The molecule has 4 nitrogen and oxygen atoms in total. The molecule has 0 radical (unpaired) electrons. The van der Waals surface area contributed by atoms with E-state index in [-0.39, 0.29) is 11.6 Å². The van der Waals surface area contributed by atoms with E-state index in [0.29, 0.717) is 25.3 Å². The summed E-state index contributed by atoms with van der Waals surface area (Å²) in [5.74, 6) is -2.32. The van der Waals surface area contributed by atoms with Crippen LogP contribution >= 0.6 is 0 Å². The fraction of sp³-hybridized carbons (Fsp3) is 0.500. The molecule has 1 aliphatic rings. The summed E-state index contributed by atoms with van der Waals surface area (Å²) in [7, 11) is 0. The molecule has 120 valence electrons. The SMILES string of the molecule is CC(C)CCNC(=O)C1(C(=O)Nc2ccc(F)c(F)c2)CC1. The Morgan fingerprint density at radius 3 is 2.41 bits per heavy atom. The Hall–Kier alpha value is -1.98. The first-order chi connectivity index (χ1) is 10.3. The van der Waals surface area contributed by atoms with Crippen LogP contribution < -0.4 is 10.6 Å². The third-order valence-electron chi connectivity index (χ3n) is 3.80. The molecule has 0 bridgehead atoms. The van der Waals surface area contributed by atoms with Gasteiger partial charge in [0.2, 0.25) is 11.8 Å². The van der Waals surface area contributed by atoms with Gasteiger partial charge in [-0.2, -0.15) is 0 Å². The quantitative estimate of drug-likeness (QED) is 0.794. The number of anilines is 1. The molecule has 2 N–H and O–H groups in total. The Balaban J connectivity index is 1.96. The molecular formula is C16H20F2N2O2. The molecule has 2 rings (SSSR count). The molecule has 1 aromatic rings. The van der Waals surface area contributed by atoms with Crippen LogP contribution in [0.2, 0.25) is 0 Å². The summed E-state index contributed by atoms with van der Waals surface area (Å²) < 4.78 is 26.0. The standard InChI is InChI=1S/C16H20F2N2O2/c1-10(2)5-8-19-14(21)16(6-7-16)15(22)20-11-3-4-12(17)13(18)9-11/h3-4,9-10H,5-8H2,1-2H3,(H,19,21)(H,20,22). The number of carbonyl (C=O) groups excluding carboxylic acids is 2. The smallest absolute Gasteiger partial charge is 0.240 e. The summed E-state index contributed by atoms with van der Waals surface area (Å²) >= 11 is 0. The van der Waals surface area contributed by atoms with E-state index >= 15 is 0 Å². The summed E-state index contributed by atoms with van der Waals surface area (Å²) in [6.45, 7) is 4.63. The number of carbonyl (C=O) groups is 2. The molecule has 1 aromatic carbocycles. The Morgan fingerprint density at radius 1 is 1.18 bits per heavy atom. The summed E-state index contributed by atoms with van der Waals surface area (Å²) in [5.41, 5.74) is -0.924. The molecule has 0 aliphatic heterocycles. The van der Waals surface area contributed by atoms with E-state index in [0.717, 1.165) is 18.6 Å². The van der Waals surface area contributed by atoms with E-state index in [4.69, 9.17) is 0 Å². The van der Waals surface area contributed by atoms with Gasteiger partial charge in [0.25, 0.3) is 0 Å². The Labute approximate surface area is 128 Å². The summed E-state index contributed by atoms with van der Waals surface area (Å²) in [5, 5.41) is 5.26. The van der Waals surface area contributed by atoms with Gasteiger partial charge in [0.15, 0.2) is 11.6 Å². The van der Waals surface area contributed by atoms with Gasteiger partial charge in [0.1, 0.15) is 5.41 Å². The molecule has 0 unspecified atom stereocenters. The van der Waals surface area contributed by atoms with Crippen LogP contribution in [0.3, 0.4) is 0 Å². The van der Waals surface area contributed by atoms with Crippen molar-refractivity contribution in [2.75, 3.05) is 11.9 Å². The summed E-state index contributed by atoms with van der Waals surface area (Å²) in [6, 6.07) is 3.11. The van der Waals surface area contributed by atoms with E-state index in [1.54, 1.807) is 0 Å². The lowest BCUT2D eigenvalue weighted by atomic mass is 10.0. The summed E-state index contributed by atoms with van der Waals surface area (Å²) in [4.78, 5) is 24.4. The topological polar surface area (TPSA) is 58.2 Å². The average Bonchev–Trinajstić information content (AvgIpc) is 3.24. The van der Waals surface area contributed by atoms with Crippen LogP contribution in [0.4, 0.5) is 14.5 Å². The minimum Gasteiger partial charge on any atom is -0.355 e. The molecule has 0 aromatic heterocycles. The van der Waals surface area contributed by atoms with Gasteiger partial charge in [-0.1, -0.05) is 13.8 Å². The fourth-order valence-electron chi connectivity index (χ4n) is 2.15. The second-order valence-electron chi connectivity index (χ2n) is 6.10. The predicted octanol–water partition coefficient (Wildman–Crippen LogP) is 2.85. The zero-order chi connectivity index (χ0) is 16.3. The lowest BCUT2D eigenvalue weighted by Crippen LogP contribution is -2.40. The molecule has 0 atom stereocenters. The highest BCUT2D eigenvalue weighted by Gasteiger charge is 2.56. The van der Waals surface area contributed by atoms with Crippen molar-refractivity contribution in [2.24, 2.45) is 11.3 Å². The third kappa shape index (κ3) is 3.61. The maximum absolute atomic E-state index is 13.1. The van der Waals surface area contributed by atoms with Crippen LogP contribution in [0.25, 0.3) is 0 Å². The lowest BCUT2D eigenvalue weighted by Gasteiger charge is -2.16. The van der Waals surface area contributed by atoms with Gasteiger partial charge in [0, 0.05) is 18.3 Å². The van der Waals surface area contributed by atoms with E-state index < -0.39 is 23.0 Å². The van der Waals surface area contributed by atoms with Crippen molar-refractivity contribution in [1.29, 1.82) is 0 Å². The lowest BCUT2D eigenvalue weighted by molar-refractivity contribution is -0.134. The van der Waals surface area contributed by atoms with Crippen LogP contribution in [-0.4, -0.2) is 18.4 Å². The fourth-order valence-corrected chi connectivity index (χ4v) is 2.15. The minimum absolute atomic E-state index is 0.144. The third-order valence-corrected chi connectivity index (χ3v) is 3.80. The highest BCUT2D eigenvalue weighted by molar-refractivity contribution is 6.13. The highest BCUT2D eigenvalue weighted by Crippen LogP contribution is 2.46. The minimum atomic E-state index is -1.07.